The van der Waals surface area contributed by atoms with E-state index >= 15 is 0 Å². The molecule has 0 aliphatic heterocycles. The minimum absolute atomic E-state index is 0.123. The van der Waals surface area contributed by atoms with Gasteiger partial charge in [0.15, 0.2) is 23.2 Å². The minimum atomic E-state index is -0.273. The number of ether oxygens (including phenoxy) is 2. The highest BCUT2D eigenvalue weighted by Gasteiger charge is 2.11. The van der Waals surface area contributed by atoms with Gasteiger partial charge in [0.25, 0.3) is 5.91 Å². The Morgan fingerprint density at radius 1 is 1.16 bits per heavy atom. The summed E-state index contributed by atoms with van der Waals surface area (Å²) in [6.45, 7) is 3.86. The number of carbonyl (C=O) groups excluding carboxylic acids is 1. The topological polar surface area (TPSA) is 60.5 Å². The SMILES string of the molecule is C=CCOc1ccccc1OCC(=O)Nc1nc(-c2cccs2)cs1. The number of thiophene rings is 1. The second-order valence-electron chi connectivity index (χ2n) is 4.90. The predicted octanol–water partition coefficient (Wildman–Crippen LogP) is 4.45. The lowest BCUT2D eigenvalue weighted by Gasteiger charge is -2.11. The fourth-order valence-electron chi connectivity index (χ4n) is 2.00. The van der Waals surface area contributed by atoms with Gasteiger partial charge >= 0.3 is 0 Å². The number of nitrogens with one attached hydrogen (secondary N) is 1. The Hall–Kier alpha value is -2.64. The fraction of sp³-hybridized carbons (Fsp3) is 0.111. The van der Waals surface area contributed by atoms with Crippen LogP contribution in [0.1, 0.15) is 0 Å². The summed E-state index contributed by atoms with van der Waals surface area (Å²) in [7, 11) is 0. The average molecular weight is 372 g/mol. The molecule has 2 heterocycles. The Bertz CT molecular complexity index is 844. The Morgan fingerprint density at radius 3 is 2.68 bits per heavy atom. The molecule has 7 heteroatoms. The van der Waals surface area contributed by atoms with Gasteiger partial charge in [-0.05, 0) is 23.6 Å². The summed E-state index contributed by atoms with van der Waals surface area (Å²) >= 11 is 2.99. The van der Waals surface area contributed by atoms with Crippen LogP contribution in [0, 0.1) is 0 Å². The van der Waals surface area contributed by atoms with Crippen molar-refractivity contribution in [3.05, 3.63) is 59.8 Å². The molecule has 0 saturated carbocycles. The zero-order chi connectivity index (χ0) is 17.5. The van der Waals surface area contributed by atoms with Gasteiger partial charge in [0.2, 0.25) is 0 Å². The van der Waals surface area contributed by atoms with E-state index in [4.69, 9.17) is 9.47 Å². The summed E-state index contributed by atoms with van der Waals surface area (Å²) in [4.78, 5) is 17.6. The summed E-state index contributed by atoms with van der Waals surface area (Å²) in [6, 6.07) is 11.2. The maximum absolute atomic E-state index is 12.1. The number of anilines is 1. The lowest BCUT2D eigenvalue weighted by Crippen LogP contribution is -2.20. The molecule has 3 rings (SSSR count). The molecule has 25 heavy (non-hydrogen) atoms. The Morgan fingerprint density at radius 2 is 1.96 bits per heavy atom. The molecule has 128 valence electrons. The molecule has 0 unspecified atom stereocenters. The summed E-state index contributed by atoms with van der Waals surface area (Å²) in [5.74, 6) is 0.813. The van der Waals surface area contributed by atoms with E-state index in [1.807, 2.05) is 35.0 Å². The number of aromatic nitrogens is 1. The molecule has 0 spiro atoms. The molecule has 0 fully saturated rings. The number of amides is 1. The molecule has 5 nitrogen and oxygen atoms in total. The van der Waals surface area contributed by atoms with Crippen LogP contribution in [0.2, 0.25) is 0 Å². The number of hydrogen-bond acceptors (Lipinski definition) is 6. The summed E-state index contributed by atoms with van der Waals surface area (Å²) in [5, 5.41) is 7.21. The maximum Gasteiger partial charge on any atom is 0.264 e. The van der Waals surface area contributed by atoms with E-state index in [0.717, 1.165) is 10.6 Å². The first kappa shape index (κ1) is 17.2. The smallest absolute Gasteiger partial charge is 0.264 e. The summed E-state index contributed by atoms with van der Waals surface area (Å²) < 4.78 is 11.1. The highest BCUT2D eigenvalue weighted by molar-refractivity contribution is 7.16. The van der Waals surface area contributed by atoms with Crippen molar-refractivity contribution in [2.24, 2.45) is 0 Å². The van der Waals surface area contributed by atoms with E-state index in [2.05, 4.69) is 16.9 Å². The van der Waals surface area contributed by atoms with Crippen LogP contribution in [0.5, 0.6) is 11.5 Å². The first-order valence-corrected chi connectivity index (χ1v) is 9.27. The van der Waals surface area contributed by atoms with Crippen LogP contribution < -0.4 is 14.8 Å². The zero-order valence-corrected chi connectivity index (χ0v) is 14.9. The largest absolute Gasteiger partial charge is 0.486 e. The standard InChI is InChI=1S/C18H16N2O3S2/c1-2-9-22-14-6-3-4-7-15(14)23-11-17(21)20-18-19-13(12-25-18)16-8-5-10-24-16/h2-8,10,12H,1,9,11H2,(H,19,20,21). The van der Waals surface area contributed by atoms with Gasteiger partial charge in [-0.3, -0.25) is 10.1 Å². The van der Waals surface area contributed by atoms with E-state index in [1.54, 1.807) is 29.5 Å². The van der Waals surface area contributed by atoms with Crippen LogP contribution in [-0.4, -0.2) is 24.1 Å². The molecule has 0 aliphatic carbocycles. The van der Waals surface area contributed by atoms with Crippen molar-refractivity contribution in [3.8, 4) is 22.1 Å². The van der Waals surface area contributed by atoms with Crippen molar-refractivity contribution in [2.75, 3.05) is 18.5 Å². The minimum Gasteiger partial charge on any atom is -0.486 e. The van der Waals surface area contributed by atoms with Crippen molar-refractivity contribution in [1.82, 2.24) is 4.98 Å². The van der Waals surface area contributed by atoms with E-state index in [9.17, 15) is 4.79 Å². The Kier molecular flexibility index (Phi) is 5.81. The van der Waals surface area contributed by atoms with Gasteiger partial charge in [-0.15, -0.1) is 22.7 Å². The highest BCUT2D eigenvalue weighted by Crippen LogP contribution is 2.29. The van der Waals surface area contributed by atoms with E-state index in [1.165, 1.54) is 11.3 Å². The molecular formula is C18H16N2O3S2. The fourth-order valence-corrected chi connectivity index (χ4v) is 3.49. The van der Waals surface area contributed by atoms with Crippen LogP contribution >= 0.6 is 22.7 Å². The van der Waals surface area contributed by atoms with Crippen LogP contribution in [0.15, 0.2) is 59.8 Å². The van der Waals surface area contributed by atoms with Crippen molar-refractivity contribution >= 4 is 33.7 Å². The molecule has 3 aromatic rings. The van der Waals surface area contributed by atoms with Crippen LogP contribution in [-0.2, 0) is 4.79 Å². The van der Waals surface area contributed by atoms with Crippen molar-refractivity contribution < 1.29 is 14.3 Å². The molecule has 0 saturated heterocycles. The van der Waals surface area contributed by atoms with Gasteiger partial charge in [-0.25, -0.2) is 4.98 Å². The first-order chi connectivity index (χ1) is 12.3. The number of para-hydroxylation sites is 2. The first-order valence-electron chi connectivity index (χ1n) is 7.51. The Balaban J connectivity index is 1.56. The monoisotopic (exact) mass is 372 g/mol. The quantitative estimate of drug-likeness (QED) is 0.593. The average Bonchev–Trinajstić information content (AvgIpc) is 3.30. The van der Waals surface area contributed by atoms with Crippen LogP contribution in [0.25, 0.3) is 10.6 Å². The third-order valence-electron chi connectivity index (χ3n) is 3.09. The molecular weight excluding hydrogens is 356 g/mol. The Labute approximate surface area is 153 Å². The van der Waals surface area contributed by atoms with Crippen molar-refractivity contribution in [3.63, 3.8) is 0 Å². The second-order valence-corrected chi connectivity index (χ2v) is 6.70. The summed E-state index contributed by atoms with van der Waals surface area (Å²) in [5.41, 5.74) is 0.861. The van der Waals surface area contributed by atoms with Crippen molar-refractivity contribution in [1.29, 1.82) is 0 Å². The van der Waals surface area contributed by atoms with E-state index in [0.29, 0.717) is 23.2 Å². The van der Waals surface area contributed by atoms with Crippen molar-refractivity contribution in [2.45, 2.75) is 0 Å². The second kappa shape index (κ2) is 8.46. The lowest BCUT2D eigenvalue weighted by molar-refractivity contribution is -0.118. The third-order valence-corrected chi connectivity index (χ3v) is 4.74. The summed E-state index contributed by atoms with van der Waals surface area (Å²) in [6.07, 6.45) is 1.65. The van der Waals surface area contributed by atoms with Crippen LogP contribution in [0.4, 0.5) is 5.13 Å². The molecule has 0 atom stereocenters. The number of benzene rings is 1. The van der Waals surface area contributed by atoms with Crippen LogP contribution in [0.3, 0.4) is 0 Å². The highest BCUT2D eigenvalue weighted by atomic mass is 32.1. The van der Waals surface area contributed by atoms with Gasteiger partial charge < -0.3 is 9.47 Å². The van der Waals surface area contributed by atoms with Gasteiger partial charge in [-0.1, -0.05) is 30.9 Å². The lowest BCUT2D eigenvalue weighted by atomic mass is 10.3. The number of carbonyl (C=O) groups is 1. The maximum atomic E-state index is 12.1. The van der Waals surface area contributed by atoms with Gasteiger partial charge in [-0.2, -0.15) is 0 Å². The van der Waals surface area contributed by atoms with E-state index in [-0.39, 0.29) is 12.5 Å². The molecule has 2 aromatic heterocycles. The van der Waals surface area contributed by atoms with Gasteiger partial charge in [0.1, 0.15) is 6.61 Å². The third kappa shape index (κ3) is 4.68. The number of rotatable bonds is 8. The zero-order valence-electron chi connectivity index (χ0n) is 13.3. The number of nitrogens with zero attached hydrogens (tertiary/aromatic N) is 1. The van der Waals surface area contributed by atoms with Gasteiger partial charge in [0, 0.05) is 5.38 Å². The molecule has 1 amide bonds. The molecule has 0 aliphatic rings. The number of hydrogen-bond donors (Lipinski definition) is 1. The molecule has 0 radical (unpaired) electrons. The van der Waals surface area contributed by atoms with E-state index < -0.39 is 0 Å². The molecule has 0 bridgehead atoms. The normalized spacial score (nSPS) is 10.2. The number of thiazole rings is 1. The molecule has 1 N–H and O–H groups in total. The predicted molar refractivity (Wildman–Crippen MR) is 102 cm³/mol. The van der Waals surface area contributed by atoms with Gasteiger partial charge in [0.05, 0.1) is 10.6 Å². The molecule has 1 aromatic carbocycles.